The number of fused-ring (bicyclic) bond motifs is 6. The number of carbonyl (C=O) groups excluding carboxylic acids is 10. The molecule has 0 spiro atoms. The Morgan fingerprint density at radius 3 is 1.39 bits per heavy atom. The Kier molecular flexibility index (Phi) is 27.8. The number of hydrogen-bond donors (Lipinski definition) is 1. The lowest BCUT2D eigenvalue weighted by Crippen LogP contribution is -2.52. The SMILES string of the molecule is C=CCCC(=O)C(=O)[C@@H]1CCCCCCCCC[C@H](CC(=O)CC2(CS(=O)(=O)C(C)(C)C)CCCCC2)C(=O)N2C[C@H]3[C@@H]([C@H]2C(=O)C1)C3(C)C.C=CCCC(=O)C(=O)[C@@H]1CCCCCCCCC[C@H](N)C(=O)N2C[C@H]3[C@@H]([C@H]2C(=O)C1)C3(C)C.COC=O. The normalized spacial score (nSPS) is 29.8. The predicted molar refractivity (Wildman–Crippen MR) is 339 cm³/mol. The van der Waals surface area contributed by atoms with E-state index < -0.39 is 79.0 Å². The molecule has 3 saturated carbocycles. The van der Waals surface area contributed by atoms with Crippen molar-refractivity contribution in [3.8, 4) is 0 Å². The zero-order valence-electron chi connectivity index (χ0n) is 54.6. The summed E-state index contributed by atoms with van der Waals surface area (Å²) in [7, 11) is -2.14. The van der Waals surface area contributed by atoms with Gasteiger partial charge in [-0.3, -0.25) is 47.9 Å². The van der Waals surface area contributed by atoms with E-state index >= 15 is 0 Å². The van der Waals surface area contributed by atoms with Crippen LogP contribution >= 0.6 is 0 Å². The first-order valence-corrected chi connectivity index (χ1v) is 35.2. The number of methoxy groups -OCH3 is 1. The van der Waals surface area contributed by atoms with Gasteiger partial charge in [-0.15, -0.1) is 13.2 Å². The van der Waals surface area contributed by atoms with Gasteiger partial charge in [0.05, 0.1) is 35.7 Å². The van der Waals surface area contributed by atoms with Crippen LogP contribution in [-0.4, -0.2) is 126 Å². The number of Topliss-reactive ketones (excluding diaryl/α,β-unsaturated/α-hetero) is 7. The van der Waals surface area contributed by atoms with Crippen LogP contribution in [0.25, 0.3) is 0 Å². The van der Waals surface area contributed by atoms with Crippen LogP contribution in [-0.2, 0) is 62.5 Å². The lowest BCUT2D eigenvalue weighted by molar-refractivity contribution is -0.145. The van der Waals surface area contributed by atoms with Crippen LogP contribution in [0.5, 0.6) is 0 Å². The number of ketones is 7. The average Bonchev–Trinajstić information content (AvgIpc) is 1.54. The quantitative estimate of drug-likeness (QED) is 0.0808. The summed E-state index contributed by atoms with van der Waals surface area (Å²) in [5.41, 5.74) is 5.57. The highest BCUT2D eigenvalue weighted by atomic mass is 32.2. The number of amides is 2. The van der Waals surface area contributed by atoms with Crippen molar-refractivity contribution in [3.05, 3.63) is 25.3 Å². The standard InChI is InChI=1S/C41H65NO7S.C27H42N2O4.C2H4O2/c1-7-8-21-33(44)37(46)29-19-15-12-10-9-11-13-16-20-30(38(47)42-27-32-35(40(32,5)6)36(42)34(45)25-29)24-31(43)26-41(22-17-14-18-23-41)28-50(48,49)39(2,3)4;1-4-5-15-21(30)25(32)18-13-11-9-7-6-8-10-12-14-20(28)26(33)29-17-19-23(27(19,2)3)24(29)22(31)16-18;1-4-2-3/h7,29-30,32,35-36H,1,8-28H2,2-6H3;4,18-20,23-24H,1,5-17,28H2,2-3H3;2H,1H3/t29-,30-,32+,35+,36-;18-,19+,20+,23+,24-;/m11./s1. The van der Waals surface area contributed by atoms with Gasteiger partial charge < -0.3 is 20.3 Å². The molecule has 87 heavy (non-hydrogen) atoms. The lowest BCUT2D eigenvalue weighted by atomic mass is 9.71. The Balaban J connectivity index is 0.000000321. The van der Waals surface area contributed by atoms with Crippen molar-refractivity contribution in [1.82, 2.24) is 9.80 Å². The molecule has 2 amide bonds. The Labute approximate surface area is 522 Å². The third-order valence-electron chi connectivity index (χ3n) is 21.3. The molecule has 0 aromatic heterocycles. The van der Waals surface area contributed by atoms with Crippen LogP contribution in [0.2, 0.25) is 0 Å². The fourth-order valence-corrected chi connectivity index (χ4v) is 17.2. The molecule has 4 heterocycles. The van der Waals surface area contributed by atoms with Gasteiger partial charge in [-0.05, 0) is 112 Å². The molecule has 0 unspecified atom stereocenters. The number of ether oxygens (including phenoxy) is 1. The Hall–Kier alpha value is -4.51. The van der Waals surface area contributed by atoms with Crippen LogP contribution in [0.4, 0.5) is 0 Å². The zero-order chi connectivity index (χ0) is 64.5. The van der Waals surface area contributed by atoms with E-state index in [0.717, 1.165) is 109 Å². The first-order valence-electron chi connectivity index (χ1n) is 33.5. The molecule has 0 aromatic carbocycles. The van der Waals surface area contributed by atoms with Gasteiger partial charge in [0.25, 0.3) is 6.47 Å². The van der Waals surface area contributed by atoms with Crippen molar-refractivity contribution in [3.63, 3.8) is 0 Å². The Bertz CT molecular complexity index is 2560. The van der Waals surface area contributed by atoms with Crippen molar-refractivity contribution >= 4 is 68.6 Å². The molecule has 16 nitrogen and oxygen atoms in total. The summed E-state index contributed by atoms with van der Waals surface area (Å²) in [4.78, 5) is 134. The second-order valence-electron chi connectivity index (χ2n) is 29.3. The average molecular weight is 1230 g/mol. The molecular weight excluding hydrogens is 1120 g/mol. The minimum absolute atomic E-state index is 0.00508. The number of rotatable bonds is 17. The van der Waals surface area contributed by atoms with E-state index in [1.54, 1.807) is 42.7 Å². The molecule has 490 valence electrons. The molecule has 10 atom stereocenters. The minimum Gasteiger partial charge on any atom is -0.471 e. The first kappa shape index (κ1) is 73.2. The second kappa shape index (κ2) is 33.0. The summed E-state index contributed by atoms with van der Waals surface area (Å²) < 4.78 is 29.8. The zero-order valence-corrected chi connectivity index (χ0v) is 55.5. The highest BCUT2D eigenvalue weighted by Crippen LogP contribution is 2.66. The molecule has 0 aromatic rings. The lowest BCUT2D eigenvalue weighted by Gasteiger charge is -2.39. The molecule has 7 rings (SSSR count). The van der Waals surface area contributed by atoms with E-state index in [2.05, 4.69) is 45.6 Å². The number of allylic oxidation sites excluding steroid dienone is 2. The third-order valence-corrected chi connectivity index (χ3v) is 24.2. The molecule has 2 N–H and O–H groups in total. The van der Waals surface area contributed by atoms with Crippen molar-refractivity contribution in [2.24, 2.45) is 63.4 Å². The van der Waals surface area contributed by atoms with Crippen LogP contribution < -0.4 is 5.73 Å². The Morgan fingerprint density at radius 2 is 0.989 bits per heavy atom. The van der Waals surface area contributed by atoms with E-state index in [1.165, 1.54) is 7.11 Å². The second-order valence-corrected chi connectivity index (χ2v) is 32.1. The van der Waals surface area contributed by atoms with Gasteiger partial charge in [0.15, 0.2) is 33.0 Å². The van der Waals surface area contributed by atoms with Gasteiger partial charge in [-0.1, -0.05) is 149 Å². The number of piperidine rings is 2. The van der Waals surface area contributed by atoms with E-state index in [9.17, 15) is 51.6 Å². The predicted octanol–water partition coefficient (Wildman–Crippen LogP) is 11.6. The maximum Gasteiger partial charge on any atom is 0.292 e. The van der Waals surface area contributed by atoms with Crippen LogP contribution in [0.15, 0.2) is 25.3 Å². The number of sulfone groups is 1. The van der Waals surface area contributed by atoms with Crippen LogP contribution in [0.3, 0.4) is 0 Å². The summed E-state index contributed by atoms with van der Waals surface area (Å²) >= 11 is 0. The van der Waals surface area contributed by atoms with Crippen LogP contribution in [0.1, 0.15) is 248 Å². The molecule has 4 saturated heterocycles. The van der Waals surface area contributed by atoms with Crippen LogP contribution in [0, 0.1) is 57.7 Å². The number of hydrogen-bond acceptors (Lipinski definition) is 14. The molecule has 0 radical (unpaired) electrons. The van der Waals surface area contributed by atoms with Gasteiger partial charge in [0.2, 0.25) is 23.4 Å². The highest BCUT2D eigenvalue weighted by molar-refractivity contribution is 7.92. The maximum atomic E-state index is 14.5. The van der Waals surface area contributed by atoms with Gasteiger partial charge in [0.1, 0.15) is 5.78 Å². The van der Waals surface area contributed by atoms with Crippen molar-refractivity contribution in [1.29, 1.82) is 0 Å². The maximum absolute atomic E-state index is 14.5. The van der Waals surface area contributed by atoms with E-state index in [4.69, 9.17) is 10.5 Å². The van der Waals surface area contributed by atoms with E-state index in [-0.39, 0.29) is 102 Å². The van der Waals surface area contributed by atoms with Gasteiger partial charge in [0, 0.05) is 69.4 Å². The van der Waals surface area contributed by atoms with Crippen molar-refractivity contribution in [2.45, 2.75) is 270 Å². The van der Waals surface area contributed by atoms with E-state index in [1.807, 2.05) is 0 Å². The fourth-order valence-electron chi connectivity index (χ4n) is 15.6. The minimum atomic E-state index is -3.45. The molecular formula is C70H111N3O13S. The molecule has 3 aliphatic carbocycles. The number of nitrogens with two attached hydrogens (primary N) is 1. The van der Waals surface area contributed by atoms with Gasteiger partial charge in [-0.2, -0.15) is 0 Å². The Morgan fingerprint density at radius 1 is 0.609 bits per heavy atom. The fraction of sp³-hybridized carbons (Fsp3) is 0.800. The van der Waals surface area contributed by atoms with Crippen molar-refractivity contribution < 1.29 is 61.1 Å². The molecule has 0 bridgehead atoms. The van der Waals surface area contributed by atoms with Gasteiger partial charge in [-0.25, -0.2) is 8.42 Å². The summed E-state index contributed by atoms with van der Waals surface area (Å²) in [5, 5.41) is 0. The molecule has 7 aliphatic rings. The summed E-state index contributed by atoms with van der Waals surface area (Å²) in [5.74, 6) is -3.58. The topological polar surface area (TPSA) is 247 Å². The summed E-state index contributed by atoms with van der Waals surface area (Å²) in [6.45, 7) is 22.4. The first-order chi connectivity index (χ1) is 41.0. The smallest absolute Gasteiger partial charge is 0.292 e. The van der Waals surface area contributed by atoms with Gasteiger partial charge >= 0.3 is 0 Å². The summed E-state index contributed by atoms with van der Waals surface area (Å²) in [6, 6.07) is -1.75. The van der Waals surface area contributed by atoms with Crippen molar-refractivity contribution in [2.75, 3.05) is 26.0 Å². The molecule has 7 fully saturated rings. The van der Waals surface area contributed by atoms with E-state index in [0.29, 0.717) is 76.8 Å². The molecule has 4 aliphatic heterocycles. The highest BCUT2D eigenvalue weighted by Gasteiger charge is 2.70. The summed E-state index contributed by atoms with van der Waals surface area (Å²) in [6.07, 6.45) is 24.8. The monoisotopic (exact) mass is 1230 g/mol. The third kappa shape index (κ3) is 19.5. The number of nitrogens with zero attached hydrogens (tertiary/aromatic N) is 2. The molecule has 17 heteroatoms. The number of carbonyl (C=O) groups is 10. The largest absolute Gasteiger partial charge is 0.471 e.